The number of fused-ring (bicyclic) bond motifs is 1. The van der Waals surface area contributed by atoms with E-state index in [0.29, 0.717) is 48.5 Å². The van der Waals surface area contributed by atoms with Crippen molar-refractivity contribution in [1.82, 2.24) is 4.90 Å². The first-order valence-electron chi connectivity index (χ1n) is 8.58. The minimum absolute atomic E-state index is 0.0561. The highest BCUT2D eigenvalue weighted by molar-refractivity contribution is 5.96. The second-order valence-electron chi connectivity index (χ2n) is 6.86. The standard InChI is InChI=1S/C18H21NO6/c1-23-14-6-11(7-15-16(14)25-5-4-24-15)17(20)19-8-12(10-2-3-10)13(9-19)18(21)22/h6-7,10,12-13H,2-5,8-9H2,1H3,(H,21,22)/t12-,13+/m1/s1. The van der Waals surface area contributed by atoms with Crippen LogP contribution >= 0.6 is 0 Å². The average molecular weight is 347 g/mol. The predicted octanol–water partition coefficient (Wildman–Crippen LogP) is 1.65. The zero-order chi connectivity index (χ0) is 17.6. The van der Waals surface area contributed by atoms with Gasteiger partial charge in [0, 0.05) is 18.7 Å². The molecule has 1 saturated heterocycles. The Morgan fingerprint density at radius 3 is 2.64 bits per heavy atom. The van der Waals surface area contributed by atoms with E-state index in [9.17, 15) is 14.7 Å². The number of amides is 1. The Hall–Kier alpha value is -2.44. The second kappa shape index (κ2) is 6.13. The summed E-state index contributed by atoms with van der Waals surface area (Å²) in [5.41, 5.74) is 0.432. The van der Waals surface area contributed by atoms with Crippen LogP contribution in [0.25, 0.3) is 0 Å². The van der Waals surface area contributed by atoms with Crippen LogP contribution in [0.5, 0.6) is 17.2 Å². The molecule has 3 aliphatic rings. The Bertz CT molecular complexity index is 697. The maximum absolute atomic E-state index is 12.9. The molecule has 2 fully saturated rings. The number of carboxylic acids is 1. The van der Waals surface area contributed by atoms with Gasteiger partial charge in [-0.1, -0.05) is 0 Å². The fourth-order valence-corrected chi connectivity index (χ4v) is 3.84. The molecule has 0 bridgehead atoms. The molecular weight excluding hydrogens is 326 g/mol. The number of hydrogen-bond acceptors (Lipinski definition) is 5. The van der Waals surface area contributed by atoms with E-state index < -0.39 is 11.9 Å². The molecule has 1 aromatic rings. The van der Waals surface area contributed by atoms with Gasteiger partial charge in [0.15, 0.2) is 11.5 Å². The molecule has 1 amide bonds. The molecule has 2 aliphatic heterocycles. The minimum Gasteiger partial charge on any atom is -0.493 e. The number of carbonyl (C=O) groups excluding carboxylic acids is 1. The fourth-order valence-electron chi connectivity index (χ4n) is 3.84. The van der Waals surface area contributed by atoms with Gasteiger partial charge in [0.2, 0.25) is 5.75 Å². The Kier molecular flexibility index (Phi) is 3.94. The van der Waals surface area contributed by atoms with Crippen molar-refractivity contribution >= 4 is 11.9 Å². The van der Waals surface area contributed by atoms with Crippen LogP contribution in [0, 0.1) is 17.8 Å². The van der Waals surface area contributed by atoms with Gasteiger partial charge in [0.05, 0.1) is 13.0 Å². The number of methoxy groups -OCH3 is 1. The van der Waals surface area contributed by atoms with E-state index in [4.69, 9.17) is 14.2 Å². The number of aliphatic carboxylic acids is 1. The lowest BCUT2D eigenvalue weighted by molar-refractivity contribution is -0.142. The van der Waals surface area contributed by atoms with Crippen molar-refractivity contribution in [1.29, 1.82) is 0 Å². The van der Waals surface area contributed by atoms with Crippen molar-refractivity contribution in [2.75, 3.05) is 33.4 Å². The first-order chi connectivity index (χ1) is 12.1. The molecule has 0 spiro atoms. The third kappa shape index (κ3) is 2.88. The highest BCUT2D eigenvalue weighted by Crippen LogP contribution is 2.45. The first kappa shape index (κ1) is 16.1. The molecule has 25 heavy (non-hydrogen) atoms. The van der Waals surface area contributed by atoms with Crippen molar-refractivity contribution in [3.63, 3.8) is 0 Å². The number of benzene rings is 1. The Morgan fingerprint density at radius 2 is 1.96 bits per heavy atom. The molecule has 4 rings (SSSR count). The number of likely N-dealkylation sites (tertiary alicyclic amines) is 1. The first-order valence-corrected chi connectivity index (χ1v) is 8.58. The molecule has 2 atom stereocenters. The SMILES string of the molecule is COc1cc(C(=O)N2C[C@H](C(=O)O)[C@@H](C3CC3)C2)cc2c1OCCO2. The van der Waals surface area contributed by atoms with Crippen LogP contribution in [0.3, 0.4) is 0 Å². The third-order valence-electron chi connectivity index (χ3n) is 5.27. The molecule has 2 heterocycles. The number of hydrogen-bond donors (Lipinski definition) is 1. The summed E-state index contributed by atoms with van der Waals surface area (Å²) in [4.78, 5) is 26.1. The van der Waals surface area contributed by atoms with Gasteiger partial charge in [-0.15, -0.1) is 0 Å². The Balaban J connectivity index is 1.59. The summed E-state index contributed by atoms with van der Waals surface area (Å²) in [6.45, 7) is 1.61. The quantitative estimate of drug-likeness (QED) is 0.891. The summed E-state index contributed by atoms with van der Waals surface area (Å²) >= 11 is 0. The normalized spacial score (nSPS) is 24.9. The number of ether oxygens (including phenoxy) is 3. The molecule has 1 saturated carbocycles. The van der Waals surface area contributed by atoms with E-state index >= 15 is 0 Å². The van der Waals surface area contributed by atoms with Gasteiger partial charge in [-0.2, -0.15) is 0 Å². The van der Waals surface area contributed by atoms with E-state index in [0.717, 1.165) is 12.8 Å². The minimum atomic E-state index is -0.813. The van der Waals surface area contributed by atoms with Crippen molar-refractivity contribution in [2.45, 2.75) is 12.8 Å². The lowest BCUT2D eigenvalue weighted by atomic mass is 9.92. The van der Waals surface area contributed by atoms with Crippen molar-refractivity contribution < 1.29 is 28.9 Å². The number of rotatable bonds is 4. The van der Waals surface area contributed by atoms with Crippen molar-refractivity contribution in [2.24, 2.45) is 17.8 Å². The topological polar surface area (TPSA) is 85.3 Å². The largest absolute Gasteiger partial charge is 0.493 e. The smallest absolute Gasteiger partial charge is 0.308 e. The van der Waals surface area contributed by atoms with E-state index in [-0.39, 0.29) is 18.4 Å². The van der Waals surface area contributed by atoms with Gasteiger partial charge >= 0.3 is 5.97 Å². The van der Waals surface area contributed by atoms with Crippen LogP contribution < -0.4 is 14.2 Å². The maximum atomic E-state index is 12.9. The highest BCUT2D eigenvalue weighted by Gasteiger charge is 2.47. The molecule has 1 aromatic carbocycles. The van der Waals surface area contributed by atoms with E-state index in [2.05, 4.69) is 0 Å². The van der Waals surface area contributed by atoms with Gasteiger partial charge in [0.25, 0.3) is 5.91 Å². The summed E-state index contributed by atoms with van der Waals surface area (Å²) in [5.74, 6) is 0.461. The lowest BCUT2D eigenvalue weighted by Gasteiger charge is -2.22. The van der Waals surface area contributed by atoms with Crippen LogP contribution in [0.1, 0.15) is 23.2 Å². The van der Waals surface area contributed by atoms with Crippen LogP contribution in [-0.4, -0.2) is 55.3 Å². The molecule has 7 heteroatoms. The molecule has 134 valence electrons. The van der Waals surface area contributed by atoms with Gasteiger partial charge in [-0.3, -0.25) is 9.59 Å². The number of carboxylic acid groups (broad SMARTS) is 1. The van der Waals surface area contributed by atoms with Crippen LogP contribution in [-0.2, 0) is 4.79 Å². The predicted molar refractivity (Wildman–Crippen MR) is 87.2 cm³/mol. The van der Waals surface area contributed by atoms with E-state index in [1.165, 1.54) is 7.11 Å². The second-order valence-corrected chi connectivity index (χ2v) is 6.86. The van der Waals surface area contributed by atoms with Crippen LogP contribution in [0.4, 0.5) is 0 Å². The Labute approximate surface area is 145 Å². The van der Waals surface area contributed by atoms with Gasteiger partial charge < -0.3 is 24.2 Å². The average Bonchev–Trinajstić information content (AvgIpc) is 3.38. The van der Waals surface area contributed by atoms with Crippen molar-refractivity contribution in [3.8, 4) is 17.2 Å². The lowest BCUT2D eigenvalue weighted by Crippen LogP contribution is -2.30. The highest BCUT2D eigenvalue weighted by atomic mass is 16.6. The van der Waals surface area contributed by atoms with Crippen LogP contribution in [0.2, 0.25) is 0 Å². The summed E-state index contributed by atoms with van der Waals surface area (Å²) < 4.78 is 16.5. The molecule has 0 unspecified atom stereocenters. The van der Waals surface area contributed by atoms with E-state index in [1.807, 2.05) is 0 Å². The number of carbonyl (C=O) groups is 2. The third-order valence-corrected chi connectivity index (χ3v) is 5.27. The number of nitrogens with zero attached hydrogens (tertiary/aromatic N) is 1. The fraction of sp³-hybridized carbons (Fsp3) is 0.556. The maximum Gasteiger partial charge on any atom is 0.308 e. The zero-order valence-electron chi connectivity index (χ0n) is 14.1. The summed E-state index contributed by atoms with van der Waals surface area (Å²) in [6, 6.07) is 3.29. The molecule has 0 aromatic heterocycles. The van der Waals surface area contributed by atoms with Crippen molar-refractivity contribution in [3.05, 3.63) is 17.7 Å². The zero-order valence-corrected chi connectivity index (χ0v) is 14.1. The molecule has 1 N–H and O–H groups in total. The molecule has 0 radical (unpaired) electrons. The Morgan fingerprint density at radius 1 is 1.20 bits per heavy atom. The summed E-state index contributed by atoms with van der Waals surface area (Å²) in [5, 5.41) is 9.48. The monoisotopic (exact) mass is 347 g/mol. The van der Waals surface area contributed by atoms with E-state index in [1.54, 1.807) is 17.0 Å². The summed E-state index contributed by atoms with van der Waals surface area (Å²) in [6.07, 6.45) is 2.13. The van der Waals surface area contributed by atoms with Gasteiger partial charge in [-0.25, -0.2) is 0 Å². The van der Waals surface area contributed by atoms with Crippen LogP contribution in [0.15, 0.2) is 12.1 Å². The summed E-state index contributed by atoms with van der Waals surface area (Å²) in [7, 11) is 1.52. The van der Waals surface area contributed by atoms with Gasteiger partial charge in [-0.05, 0) is 36.8 Å². The molecule has 1 aliphatic carbocycles. The van der Waals surface area contributed by atoms with Gasteiger partial charge in [0.1, 0.15) is 13.2 Å². The molecular formula is C18H21NO6. The molecule has 7 nitrogen and oxygen atoms in total.